The Bertz CT molecular complexity index is 408. The predicted molar refractivity (Wildman–Crippen MR) is 74.6 cm³/mol. The molecule has 0 spiro atoms. The normalized spacial score (nSPS) is 19.8. The Morgan fingerprint density at radius 3 is 3.00 bits per heavy atom. The zero-order chi connectivity index (χ0) is 13.7. The third kappa shape index (κ3) is 3.69. The molecule has 0 bridgehead atoms. The Kier molecular flexibility index (Phi) is 5.19. The number of fused-ring (bicyclic) bond motifs is 1. The molecule has 2 N–H and O–H groups in total. The van der Waals surface area contributed by atoms with Crippen molar-refractivity contribution in [2.45, 2.75) is 31.4 Å². The largest absolute Gasteiger partial charge is 0.497 e. The minimum absolute atomic E-state index is 0.297. The van der Waals surface area contributed by atoms with Gasteiger partial charge in [-0.2, -0.15) is 0 Å². The van der Waals surface area contributed by atoms with Crippen LogP contribution in [0.2, 0.25) is 0 Å². The molecule has 0 heterocycles. The van der Waals surface area contributed by atoms with Crippen LogP contribution in [0.5, 0.6) is 5.75 Å². The van der Waals surface area contributed by atoms with Crippen molar-refractivity contribution in [1.29, 1.82) is 0 Å². The van der Waals surface area contributed by atoms with Crippen molar-refractivity contribution in [1.82, 2.24) is 5.32 Å². The van der Waals surface area contributed by atoms with E-state index in [1.54, 1.807) is 14.2 Å². The Labute approximate surface area is 114 Å². The molecular formula is C15H23NO3. The van der Waals surface area contributed by atoms with E-state index in [0.29, 0.717) is 19.2 Å². The lowest BCUT2D eigenvalue weighted by molar-refractivity contribution is 0.0622. The van der Waals surface area contributed by atoms with E-state index in [0.717, 1.165) is 18.6 Å². The van der Waals surface area contributed by atoms with Gasteiger partial charge in [-0.3, -0.25) is 0 Å². The molecule has 4 heteroatoms. The molecule has 4 nitrogen and oxygen atoms in total. The molecule has 1 aliphatic carbocycles. The number of benzene rings is 1. The van der Waals surface area contributed by atoms with Gasteiger partial charge in [-0.25, -0.2) is 0 Å². The molecule has 2 rings (SSSR count). The SMILES string of the molecule is COCC(O)CNC1CCCc2ccc(OC)cc21. The number of aryl methyl sites for hydroxylation is 1. The minimum Gasteiger partial charge on any atom is -0.497 e. The average Bonchev–Trinajstić information content (AvgIpc) is 2.44. The highest BCUT2D eigenvalue weighted by atomic mass is 16.5. The van der Waals surface area contributed by atoms with E-state index < -0.39 is 6.10 Å². The van der Waals surface area contributed by atoms with E-state index in [2.05, 4.69) is 17.4 Å². The fourth-order valence-corrected chi connectivity index (χ4v) is 2.65. The molecule has 1 aliphatic rings. The first-order valence-electron chi connectivity index (χ1n) is 6.81. The Hall–Kier alpha value is -1.10. The summed E-state index contributed by atoms with van der Waals surface area (Å²) >= 11 is 0. The average molecular weight is 265 g/mol. The van der Waals surface area contributed by atoms with Crippen molar-refractivity contribution in [3.05, 3.63) is 29.3 Å². The summed E-state index contributed by atoms with van der Waals surface area (Å²) in [4.78, 5) is 0. The van der Waals surface area contributed by atoms with Gasteiger partial charge < -0.3 is 19.9 Å². The van der Waals surface area contributed by atoms with Gasteiger partial charge in [0.05, 0.1) is 19.8 Å². The second-order valence-electron chi connectivity index (χ2n) is 5.03. The lowest BCUT2D eigenvalue weighted by atomic mass is 9.87. The van der Waals surface area contributed by atoms with Gasteiger partial charge in [-0.05, 0) is 42.5 Å². The van der Waals surface area contributed by atoms with Crippen LogP contribution >= 0.6 is 0 Å². The summed E-state index contributed by atoms with van der Waals surface area (Å²) < 4.78 is 10.2. The number of hydrogen-bond donors (Lipinski definition) is 2. The molecule has 1 aromatic rings. The summed E-state index contributed by atoms with van der Waals surface area (Å²) in [6.45, 7) is 0.917. The summed E-state index contributed by atoms with van der Waals surface area (Å²) in [5.41, 5.74) is 2.68. The van der Waals surface area contributed by atoms with Crippen LogP contribution in [-0.4, -0.2) is 38.6 Å². The number of ether oxygens (including phenoxy) is 2. The molecule has 19 heavy (non-hydrogen) atoms. The summed E-state index contributed by atoms with van der Waals surface area (Å²) in [6, 6.07) is 6.56. The fourth-order valence-electron chi connectivity index (χ4n) is 2.65. The molecule has 0 amide bonds. The first-order valence-corrected chi connectivity index (χ1v) is 6.81. The number of rotatable bonds is 6. The third-order valence-corrected chi connectivity index (χ3v) is 3.63. The quantitative estimate of drug-likeness (QED) is 0.821. The summed E-state index contributed by atoms with van der Waals surface area (Å²) in [5.74, 6) is 0.893. The number of methoxy groups -OCH3 is 2. The third-order valence-electron chi connectivity index (χ3n) is 3.63. The first-order chi connectivity index (χ1) is 9.24. The van der Waals surface area contributed by atoms with E-state index in [1.807, 2.05) is 6.07 Å². The maximum atomic E-state index is 9.72. The van der Waals surface area contributed by atoms with Crippen molar-refractivity contribution >= 4 is 0 Å². The molecule has 0 fully saturated rings. The minimum atomic E-state index is -0.457. The van der Waals surface area contributed by atoms with Gasteiger partial charge in [0.25, 0.3) is 0 Å². The second kappa shape index (κ2) is 6.89. The van der Waals surface area contributed by atoms with Crippen LogP contribution < -0.4 is 10.1 Å². The monoisotopic (exact) mass is 265 g/mol. The van der Waals surface area contributed by atoms with Crippen LogP contribution in [0.4, 0.5) is 0 Å². The van der Waals surface area contributed by atoms with Crippen LogP contribution in [0, 0.1) is 0 Å². The van der Waals surface area contributed by atoms with Gasteiger partial charge >= 0.3 is 0 Å². The standard InChI is InChI=1S/C15H23NO3/c1-18-10-12(17)9-16-15-5-3-4-11-6-7-13(19-2)8-14(11)15/h6-8,12,15-17H,3-5,9-10H2,1-2H3. The van der Waals surface area contributed by atoms with E-state index in [9.17, 15) is 5.11 Å². The summed E-state index contributed by atoms with van der Waals surface area (Å²) in [5, 5.41) is 13.1. The van der Waals surface area contributed by atoms with E-state index >= 15 is 0 Å². The van der Waals surface area contributed by atoms with Gasteiger partial charge in [0.15, 0.2) is 0 Å². The lowest BCUT2D eigenvalue weighted by Gasteiger charge is -2.27. The highest BCUT2D eigenvalue weighted by molar-refractivity contribution is 5.39. The smallest absolute Gasteiger partial charge is 0.119 e. The molecule has 106 valence electrons. The molecule has 0 saturated heterocycles. The molecule has 0 radical (unpaired) electrons. The van der Waals surface area contributed by atoms with Crippen molar-refractivity contribution in [2.75, 3.05) is 27.4 Å². The van der Waals surface area contributed by atoms with Gasteiger partial charge in [0, 0.05) is 19.7 Å². The van der Waals surface area contributed by atoms with Crippen LogP contribution in [0.3, 0.4) is 0 Å². The topological polar surface area (TPSA) is 50.7 Å². The Morgan fingerprint density at radius 2 is 2.26 bits per heavy atom. The molecule has 0 aromatic heterocycles. The zero-order valence-corrected chi connectivity index (χ0v) is 11.7. The molecular weight excluding hydrogens is 242 g/mol. The number of aliphatic hydroxyl groups is 1. The fraction of sp³-hybridized carbons (Fsp3) is 0.600. The molecule has 2 atom stereocenters. The highest BCUT2D eigenvalue weighted by Crippen LogP contribution is 2.32. The van der Waals surface area contributed by atoms with Crippen molar-refractivity contribution in [3.8, 4) is 5.75 Å². The van der Waals surface area contributed by atoms with Crippen molar-refractivity contribution in [3.63, 3.8) is 0 Å². The Morgan fingerprint density at radius 1 is 1.42 bits per heavy atom. The predicted octanol–water partition coefficient (Wildman–Crippen LogP) is 1.67. The van der Waals surface area contributed by atoms with Gasteiger partial charge in [0.1, 0.15) is 5.75 Å². The van der Waals surface area contributed by atoms with E-state index in [1.165, 1.54) is 17.5 Å². The number of aliphatic hydroxyl groups excluding tert-OH is 1. The van der Waals surface area contributed by atoms with E-state index in [-0.39, 0.29) is 0 Å². The summed E-state index contributed by atoms with van der Waals surface area (Å²) in [7, 11) is 3.29. The maximum absolute atomic E-state index is 9.72. The number of nitrogens with one attached hydrogen (secondary N) is 1. The number of hydrogen-bond acceptors (Lipinski definition) is 4. The van der Waals surface area contributed by atoms with Gasteiger partial charge in [-0.15, -0.1) is 0 Å². The van der Waals surface area contributed by atoms with Crippen molar-refractivity contribution in [2.24, 2.45) is 0 Å². The Balaban J connectivity index is 2.04. The van der Waals surface area contributed by atoms with Crippen LogP contribution in [0.15, 0.2) is 18.2 Å². The van der Waals surface area contributed by atoms with Crippen LogP contribution in [0.25, 0.3) is 0 Å². The maximum Gasteiger partial charge on any atom is 0.119 e. The first kappa shape index (κ1) is 14.3. The van der Waals surface area contributed by atoms with E-state index in [4.69, 9.17) is 9.47 Å². The summed E-state index contributed by atoms with van der Waals surface area (Å²) in [6.07, 6.45) is 2.94. The zero-order valence-electron chi connectivity index (χ0n) is 11.7. The lowest BCUT2D eigenvalue weighted by Crippen LogP contribution is -2.34. The van der Waals surface area contributed by atoms with Crippen molar-refractivity contribution < 1.29 is 14.6 Å². The highest BCUT2D eigenvalue weighted by Gasteiger charge is 2.21. The van der Waals surface area contributed by atoms with Gasteiger partial charge in [0.2, 0.25) is 0 Å². The molecule has 1 aromatic carbocycles. The van der Waals surface area contributed by atoms with Gasteiger partial charge in [-0.1, -0.05) is 6.07 Å². The molecule has 2 unspecified atom stereocenters. The van der Waals surface area contributed by atoms with Crippen LogP contribution in [0.1, 0.15) is 30.0 Å². The van der Waals surface area contributed by atoms with Crippen LogP contribution in [-0.2, 0) is 11.2 Å². The molecule has 0 saturated carbocycles. The molecule has 0 aliphatic heterocycles. The second-order valence-corrected chi connectivity index (χ2v) is 5.03.